The molecule has 1 N–H and O–H groups in total. The van der Waals surface area contributed by atoms with Crippen molar-refractivity contribution in [3.05, 3.63) is 41.6 Å². The Labute approximate surface area is 128 Å². The highest BCUT2D eigenvalue weighted by Gasteiger charge is 2.24. The van der Waals surface area contributed by atoms with Gasteiger partial charge in [-0.25, -0.2) is 4.98 Å². The molecule has 0 amide bonds. The number of fused-ring (bicyclic) bond motifs is 5. The number of aryl methyl sites for hydroxylation is 1. The van der Waals surface area contributed by atoms with E-state index in [1.165, 1.54) is 5.56 Å². The van der Waals surface area contributed by atoms with Crippen LogP contribution < -0.4 is 14.8 Å². The SMILES string of the molecule is COc1cc2c(cc1OC)-c1c(nc3cccc(C)n13)NC2. The molecule has 2 aromatic heterocycles. The van der Waals surface area contributed by atoms with E-state index in [2.05, 4.69) is 22.7 Å². The maximum atomic E-state index is 5.46. The zero-order valence-corrected chi connectivity index (χ0v) is 12.8. The molecule has 0 saturated heterocycles. The zero-order valence-electron chi connectivity index (χ0n) is 12.8. The third-order valence-corrected chi connectivity index (χ3v) is 4.15. The average Bonchev–Trinajstić information content (AvgIpc) is 2.93. The van der Waals surface area contributed by atoms with E-state index in [4.69, 9.17) is 14.5 Å². The van der Waals surface area contributed by atoms with E-state index in [9.17, 15) is 0 Å². The monoisotopic (exact) mass is 295 g/mol. The van der Waals surface area contributed by atoms with Gasteiger partial charge in [-0.2, -0.15) is 0 Å². The van der Waals surface area contributed by atoms with Crippen molar-refractivity contribution < 1.29 is 9.47 Å². The number of benzene rings is 1. The fraction of sp³-hybridized carbons (Fsp3) is 0.235. The van der Waals surface area contributed by atoms with Crippen LogP contribution in [0.2, 0.25) is 0 Å². The number of imidazole rings is 1. The second-order valence-corrected chi connectivity index (χ2v) is 5.39. The summed E-state index contributed by atoms with van der Waals surface area (Å²) in [5.74, 6) is 2.39. The fourth-order valence-electron chi connectivity index (χ4n) is 3.09. The summed E-state index contributed by atoms with van der Waals surface area (Å²) in [6, 6.07) is 10.2. The Morgan fingerprint density at radius 1 is 1.14 bits per heavy atom. The third-order valence-electron chi connectivity index (χ3n) is 4.15. The van der Waals surface area contributed by atoms with Gasteiger partial charge >= 0.3 is 0 Å². The lowest BCUT2D eigenvalue weighted by atomic mass is 10.00. The number of rotatable bonds is 2. The zero-order chi connectivity index (χ0) is 15.3. The Morgan fingerprint density at radius 3 is 2.68 bits per heavy atom. The van der Waals surface area contributed by atoms with Crippen molar-refractivity contribution in [3.63, 3.8) is 0 Å². The van der Waals surface area contributed by atoms with Crippen LogP contribution in [-0.2, 0) is 6.54 Å². The smallest absolute Gasteiger partial charge is 0.161 e. The summed E-state index contributed by atoms with van der Waals surface area (Å²) in [7, 11) is 3.32. The van der Waals surface area contributed by atoms with Crippen molar-refractivity contribution in [1.82, 2.24) is 9.38 Å². The molecule has 0 fully saturated rings. The van der Waals surface area contributed by atoms with Crippen LogP contribution in [-0.4, -0.2) is 23.6 Å². The molecular weight excluding hydrogens is 278 g/mol. The first-order valence-electron chi connectivity index (χ1n) is 7.20. The number of nitrogens with one attached hydrogen (secondary N) is 1. The molecule has 0 bridgehead atoms. The number of hydrogen-bond donors (Lipinski definition) is 1. The van der Waals surface area contributed by atoms with Crippen LogP contribution in [0.1, 0.15) is 11.3 Å². The maximum Gasteiger partial charge on any atom is 0.161 e. The molecule has 0 unspecified atom stereocenters. The highest BCUT2D eigenvalue weighted by molar-refractivity contribution is 5.83. The van der Waals surface area contributed by atoms with Gasteiger partial charge in [0.15, 0.2) is 17.3 Å². The standard InChI is InChI=1S/C17H17N3O2/c1-10-5-4-6-15-19-17-16(20(10)15)12-8-14(22-3)13(21-2)7-11(12)9-18-17/h4-8,18H,9H2,1-3H3. The molecule has 3 heterocycles. The van der Waals surface area contributed by atoms with E-state index in [0.717, 1.165) is 46.5 Å². The molecule has 0 radical (unpaired) electrons. The Kier molecular flexibility index (Phi) is 2.76. The molecule has 5 heteroatoms. The molecule has 1 aromatic carbocycles. The van der Waals surface area contributed by atoms with E-state index in [1.807, 2.05) is 24.3 Å². The van der Waals surface area contributed by atoms with E-state index in [1.54, 1.807) is 14.2 Å². The van der Waals surface area contributed by atoms with Crippen LogP contribution in [0.4, 0.5) is 5.82 Å². The lowest BCUT2D eigenvalue weighted by molar-refractivity contribution is 0.354. The van der Waals surface area contributed by atoms with Gasteiger partial charge in [-0.05, 0) is 36.8 Å². The van der Waals surface area contributed by atoms with Gasteiger partial charge < -0.3 is 14.8 Å². The molecule has 0 atom stereocenters. The first kappa shape index (κ1) is 13.0. The quantitative estimate of drug-likeness (QED) is 0.788. The number of aromatic nitrogens is 2. The molecule has 0 saturated carbocycles. The molecule has 0 aliphatic carbocycles. The summed E-state index contributed by atoms with van der Waals surface area (Å²) in [6.07, 6.45) is 0. The first-order valence-corrected chi connectivity index (χ1v) is 7.20. The van der Waals surface area contributed by atoms with E-state index < -0.39 is 0 Å². The third kappa shape index (κ3) is 1.68. The summed E-state index contributed by atoms with van der Waals surface area (Å²) in [4.78, 5) is 4.69. The minimum Gasteiger partial charge on any atom is -0.493 e. The number of pyridine rings is 1. The van der Waals surface area contributed by atoms with Gasteiger partial charge in [0, 0.05) is 17.8 Å². The van der Waals surface area contributed by atoms with Crippen LogP contribution in [0.5, 0.6) is 11.5 Å². The van der Waals surface area contributed by atoms with Gasteiger partial charge in [-0.15, -0.1) is 0 Å². The van der Waals surface area contributed by atoms with Gasteiger partial charge in [0.1, 0.15) is 5.65 Å². The van der Waals surface area contributed by atoms with Crippen molar-refractivity contribution in [1.29, 1.82) is 0 Å². The highest BCUT2D eigenvalue weighted by atomic mass is 16.5. The van der Waals surface area contributed by atoms with E-state index >= 15 is 0 Å². The average molecular weight is 295 g/mol. The largest absolute Gasteiger partial charge is 0.493 e. The molecule has 1 aliphatic heterocycles. The van der Waals surface area contributed by atoms with Gasteiger partial charge in [0.05, 0.1) is 19.9 Å². The summed E-state index contributed by atoms with van der Waals surface area (Å²) < 4.78 is 13.0. The Hall–Kier alpha value is -2.69. The van der Waals surface area contributed by atoms with Crippen LogP contribution in [0.25, 0.3) is 16.9 Å². The number of ether oxygens (including phenoxy) is 2. The lowest BCUT2D eigenvalue weighted by Gasteiger charge is -2.20. The van der Waals surface area contributed by atoms with Crippen molar-refractivity contribution >= 4 is 11.5 Å². The molecule has 0 spiro atoms. The second kappa shape index (κ2) is 4.66. The minimum absolute atomic E-state index is 0.728. The van der Waals surface area contributed by atoms with Crippen LogP contribution >= 0.6 is 0 Å². The molecule has 112 valence electrons. The lowest BCUT2D eigenvalue weighted by Crippen LogP contribution is -2.10. The van der Waals surface area contributed by atoms with Crippen molar-refractivity contribution in [2.45, 2.75) is 13.5 Å². The number of nitrogens with zero attached hydrogens (tertiary/aromatic N) is 2. The number of methoxy groups -OCH3 is 2. The molecule has 1 aliphatic rings. The van der Waals surface area contributed by atoms with Gasteiger partial charge in [0.25, 0.3) is 0 Å². The Balaban J connectivity index is 2.06. The number of hydrogen-bond acceptors (Lipinski definition) is 4. The van der Waals surface area contributed by atoms with Gasteiger partial charge in [-0.3, -0.25) is 4.40 Å². The topological polar surface area (TPSA) is 47.8 Å². The van der Waals surface area contributed by atoms with Gasteiger partial charge in [-0.1, -0.05) is 6.07 Å². The van der Waals surface area contributed by atoms with E-state index in [-0.39, 0.29) is 0 Å². The first-order chi connectivity index (χ1) is 10.7. The van der Waals surface area contributed by atoms with E-state index in [0.29, 0.717) is 0 Å². The molecule has 3 aromatic rings. The van der Waals surface area contributed by atoms with Crippen LogP contribution in [0.3, 0.4) is 0 Å². The molecule has 4 rings (SSSR count). The predicted molar refractivity (Wildman–Crippen MR) is 85.8 cm³/mol. The van der Waals surface area contributed by atoms with Crippen molar-refractivity contribution in [3.8, 4) is 22.8 Å². The Morgan fingerprint density at radius 2 is 1.91 bits per heavy atom. The predicted octanol–water partition coefficient (Wildman–Crippen LogP) is 3.25. The van der Waals surface area contributed by atoms with Crippen molar-refractivity contribution in [2.75, 3.05) is 19.5 Å². The highest BCUT2D eigenvalue weighted by Crippen LogP contribution is 2.41. The summed E-state index contributed by atoms with van der Waals surface area (Å²) in [6.45, 7) is 2.82. The molecular formula is C17H17N3O2. The number of anilines is 1. The summed E-state index contributed by atoms with van der Waals surface area (Å²) in [5, 5.41) is 3.40. The van der Waals surface area contributed by atoms with Crippen LogP contribution in [0, 0.1) is 6.92 Å². The normalized spacial score (nSPS) is 12.5. The summed E-state index contributed by atoms with van der Waals surface area (Å²) >= 11 is 0. The molecule has 22 heavy (non-hydrogen) atoms. The second-order valence-electron chi connectivity index (χ2n) is 5.39. The van der Waals surface area contributed by atoms with Crippen molar-refractivity contribution in [2.24, 2.45) is 0 Å². The molecule has 5 nitrogen and oxygen atoms in total. The maximum absolute atomic E-state index is 5.46. The Bertz CT molecular complexity index is 883. The summed E-state index contributed by atoms with van der Waals surface area (Å²) in [5.41, 5.74) is 5.48. The van der Waals surface area contributed by atoms with Crippen LogP contribution in [0.15, 0.2) is 30.3 Å². The fourth-order valence-corrected chi connectivity index (χ4v) is 3.09. The van der Waals surface area contributed by atoms with Gasteiger partial charge in [0.2, 0.25) is 0 Å². The minimum atomic E-state index is 0.728.